The van der Waals surface area contributed by atoms with Gasteiger partial charge in [-0.3, -0.25) is 4.98 Å². The van der Waals surface area contributed by atoms with Gasteiger partial charge in [-0.05, 0) is 6.07 Å². The molecule has 0 bridgehead atoms. The van der Waals surface area contributed by atoms with Crippen molar-refractivity contribution < 1.29 is 4.42 Å². The number of rotatable bonds is 0. The van der Waals surface area contributed by atoms with Crippen LogP contribution in [0, 0.1) is 0 Å². The van der Waals surface area contributed by atoms with Crippen molar-refractivity contribution in [3.63, 3.8) is 0 Å². The van der Waals surface area contributed by atoms with Crippen LogP contribution in [0.4, 0.5) is 5.69 Å². The monoisotopic (exact) mass is 151 g/mol. The molecule has 5 nitrogen and oxygen atoms in total. The molecule has 2 aromatic heterocycles. The Labute approximate surface area is 60.8 Å². The van der Waals surface area contributed by atoms with E-state index in [4.69, 9.17) is 5.73 Å². The topological polar surface area (TPSA) is 84.9 Å². The van der Waals surface area contributed by atoms with Crippen LogP contribution in [0.5, 0.6) is 0 Å². The molecule has 0 saturated carbocycles. The first-order chi connectivity index (χ1) is 5.27. The van der Waals surface area contributed by atoms with Crippen LogP contribution in [0.1, 0.15) is 0 Å². The lowest BCUT2D eigenvalue weighted by molar-refractivity contribution is 0.545. The van der Waals surface area contributed by atoms with Gasteiger partial charge in [-0.1, -0.05) is 0 Å². The van der Waals surface area contributed by atoms with Crippen molar-refractivity contribution >= 4 is 16.9 Å². The van der Waals surface area contributed by atoms with Crippen LogP contribution in [-0.2, 0) is 0 Å². The molecule has 2 rings (SSSR count). The molecular formula is C6H5N3O2. The van der Waals surface area contributed by atoms with Gasteiger partial charge in [0.1, 0.15) is 5.52 Å². The summed E-state index contributed by atoms with van der Waals surface area (Å²) in [6, 6.07) is 1.59. The van der Waals surface area contributed by atoms with Gasteiger partial charge >= 0.3 is 5.76 Å². The average molecular weight is 151 g/mol. The fourth-order valence-corrected chi connectivity index (χ4v) is 0.875. The maximum Gasteiger partial charge on any atom is 0.418 e. The van der Waals surface area contributed by atoms with Gasteiger partial charge in [-0.25, -0.2) is 9.78 Å². The van der Waals surface area contributed by atoms with E-state index in [0.29, 0.717) is 11.2 Å². The summed E-state index contributed by atoms with van der Waals surface area (Å²) in [7, 11) is 0. The van der Waals surface area contributed by atoms with Gasteiger partial charge in [0.15, 0.2) is 0 Å². The molecule has 2 heterocycles. The number of pyridine rings is 1. The van der Waals surface area contributed by atoms with E-state index < -0.39 is 5.76 Å². The van der Waals surface area contributed by atoms with Crippen molar-refractivity contribution in [3.8, 4) is 0 Å². The van der Waals surface area contributed by atoms with Gasteiger partial charge in [0.2, 0.25) is 0 Å². The Balaban J connectivity index is 3.01. The summed E-state index contributed by atoms with van der Waals surface area (Å²) in [5, 5.41) is 0. The summed E-state index contributed by atoms with van der Waals surface area (Å²) in [5.74, 6) is -0.537. The molecule has 0 amide bonds. The summed E-state index contributed by atoms with van der Waals surface area (Å²) in [6.45, 7) is 0. The Morgan fingerprint density at radius 3 is 3.18 bits per heavy atom. The number of anilines is 1. The average Bonchev–Trinajstić information content (AvgIpc) is 2.31. The molecule has 3 N–H and O–H groups in total. The largest absolute Gasteiger partial charge is 0.418 e. The summed E-state index contributed by atoms with van der Waals surface area (Å²) in [6.07, 6.45) is 1.48. The van der Waals surface area contributed by atoms with E-state index >= 15 is 0 Å². The number of aromatic nitrogens is 2. The summed E-state index contributed by atoms with van der Waals surface area (Å²) in [5.41, 5.74) is 6.66. The number of aromatic amines is 1. The maximum atomic E-state index is 10.6. The van der Waals surface area contributed by atoms with Crippen LogP contribution in [0.25, 0.3) is 11.2 Å². The molecular weight excluding hydrogens is 146 g/mol. The van der Waals surface area contributed by atoms with Crippen molar-refractivity contribution in [2.75, 3.05) is 5.73 Å². The molecule has 0 spiro atoms. The minimum absolute atomic E-state index is 0.245. The molecule has 0 saturated heterocycles. The minimum Gasteiger partial charge on any atom is -0.397 e. The first-order valence-corrected chi connectivity index (χ1v) is 3.00. The molecule has 0 radical (unpaired) electrons. The van der Waals surface area contributed by atoms with E-state index in [0.717, 1.165) is 0 Å². The van der Waals surface area contributed by atoms with E-state index in [2.05, 4.69) is 14.4 Å². The highest BCUT2D eigenvalue weighted by Gasteiger charge is 2.02. The predicted molar refractivity (Wildman–Crippen MR) is 39.0 cm³/mol. The van der Waals surface area contributed by atoms with E-state index in [1.807, 2.05) is 0 Å². The lowest BCUT2D eigenvalue weighted by Crippen LogP contribution is -1.94. The summed E-state index contributed by atoms with van der Waals surface area (Å²) in [4.78, 5) is 16.8. The van der Waals surface area contributed by atoms with Gasteiger partial charge in [0.25, 0.3) is 5.71 Å². The van der Waals surface area contributed by atoms with Gasteiger partial charge < -0.3 is 10.2 Å². The second kappa shape index (κ2) is 1.85. The molecule has 56 valence electrons. The summed E-state index contributed by atoms with van der Waals surface area (Å²) < 4.78 is 4.65. The van der Waals surface area contributed by atoms with E-state index in [1.54, 1.807) is 6.07 Å². The van der Waals surface area contributed by atoms with Gasteiger partial charge in [-0.15, -0.1) is 0 Å². The fourth-order valence-electron chi connectivity index (χ4n) is 0.875. The standard InChI is InChI=1S/C6H5N3O2/c7-3-1-2-8-5-4(3)9-6(10)11-5/h1-2H,(H2,7,8)(H,9,10). The van der Waals surface area contributed by atoms with Crippen LogP contribution in [0.3, 0.4) is 0 Å². The van der Waals surface area contributed by atoms with Gasteiger partial charge in [0.05, 0.1) is 5.69 Å². The van der Waals surface area contributed by atoms with Crippen LogP contribution < -0.4 is 11.5 Å². The number of H-pyrrole nitrogens is 1. The zero-order valence-corrected chi connectivity index (χ0v) is 5.50. The number of fused-ring (bicyclic) bond motifs is 1. The fraction of sp³-hybridized carbons (Fsp3) is 0. The number of oxazole rings is 1. The second-order valence-corrected chi connectivity index (χ2v) is 2.09. The lowest BCUT2D eigenvalue weighted by atomic mass is 10.4. The van der Waals surface area contributed by atoms with Crippen LogP contribution in [-0.4, -0.2) is 9.97 Å². The van der Waals surface area contributed by atoms with Gasteiger partial charge in [-0.2, -0.15) is 0 Å². The second-order valence-electron chi connectivity index (χ2n) is 2.09. The third-order valence-corrected chi connectivity index (χ3v) is 1.36. The molecule has 0 aliphatic rings. The third-order valence-electron chi connectivity index (χ3n) is 1.36. The van der Waals surface area contributed by atoms with Crippen molar-refractivity contribution in [1.29, 1.82) is 0 Å². The zero-order valence-electron chi connectivity index (χ0n) is 5.50. The molecule has 0 aliphatic carbocycles. The van der Waals surface area contributed by atoms with E-state index in [-0.39, 0.29) is 5.71 Å². The van der Waals surface area contributed by atoms with Crippen LogP contribution in [0.15, 0.2) is 21.5 Å². The van der Waals surface area contributed by atoms with Crippen LogP contribution >= 0.6 is 0 Å². The SMILES string of the molecule is Nc1ccnc2oc(=O)[nH]c12. The van der Waals surface area contributed by atoms with Crippen molar-refractivity contribution in [2.24, 2.45) is 0 Å². The molecule has 0 unspecified atom stereocenters. The lowest BCUT2D eigenvalue weighted by Gasteiger charge is -1.89. The molecule has 0 fully saturated rings. The molecule has 5 heteroatoms. The maximum absolute atomic E-state index is 10.6. The number of hydrogen-bond donors (Lipinski definition) is 2. The Morgan fingerprint density at radius 1 is 1.64 bits per heavy atom. The highest BCUT2D eigenvalue weighted by molar-refractivity contribution is 5.81. The highest BCUT2D eigenvalue weighted by Crippen LogP contribution is 2.12. The molecule has 0 atom stereocenters. The van der Waals surface area contributed by atoms with E-state index in [9.17, 15) is 4.79 Å². The van der Waals surface area contributed by atoms with E-state index in [1.165, 1.54) is 6.20 Å². The Hall–Kier alpha value is -1.78. The Morgan fingerprint density at radius 2 is 2.45 bits per heavy atom. The zero-order chi connectivity index (χ0) is 7.84. The highest BCUT2D eigenvalue weighted by atomic mass is 16.4. The van der Waals surface area contributed by atoms with Crippen molar-refractivity contribution in [3.05, 3.63) is 22.8 Å². The van der Waals surface area contributed by atoms with Crippen molar-refractivity contribution in [1.82, 2.24) is 9.97 Å². The number of nitrogens with two attached hydrogens (primary N) is 1. The number of nitrogen functional groups attached to an aromatic ring is 1. The predicted octanol–water partition coefficient (Wildman–Crippen LogP) is 0.0983. The quantitative estimate of drug-likeness (QED) is 0.559. The normalized spacial score (nSPS) is 10.5. The van der Waals surface area contributed by atoms with Crippen LogP contribution in [0.2, 0.25) is 0 Å². The smallest absolute Gasteiger partial charge is 0.397 e. The Bertz CT molecular complexity index is 442. The third kappa shape index (κ3) is 0.778. The Kier molecular flexibility index (Phi) is 1.00. The number of hydrogen-bond acceptors (Lipinski definition) is 4. The summed E-state index contributed by atoms with van der Waals surface area (Å²) >= 11 is 0. The molecule has 11 heavy (non-hydrogen) atoms. The first-order valence-electron chi connectivity index (χ1n) is 3.00. The molecule has 0 aromatic carbocycles. The van der Waals surface area contributed by atoms with Gasteiger partial charge in [0, 0.05) is 6.20 Å². The molecule has 0 aliphatic heterocycles. The number of nitrogens with one attached hydrogen (secondary N) is 1. The molecule has 2 aromatic rings. The minimum atomic E-state index is -0.537. The van der Waals surface area contributed by atoms with Crippen molar-refractivity contribution in [2.45, 2.75) is 0 Å². The number of nitrogens with zero attached hydrogens (tertiary/aromatic N) is 1. The first kappa shape index (κ1) is 5.96.